The molecule has 2 heterocycles. The second kappa shape index (κ2) is 9.46. The van der Waals surface area contributed by atoms with Gasteiger partial charge in [-0.15, -0.1) is 0 Å². The molecule has 1 atom stereocenters. The molecule has 2 N–H and O–H groups in total. The molecule has 0 radical (unpaired) electrons. The molecule has 1 aliphatic heterocycles. The van der Waals surface area contributed by atoms with Gasteiger partial charge in [0.25, 0.3) is 5.91 Å². The Kier molecular flexibility index (Phi) is 6.76. The smallest absolute Gasteiger partial charge is 0.270 e. The number of amides is 1. The number of nitrogens with zero attached hydrogens (tertiary/aromatic N) is 2. The lowest BCUT2D eigenvalue weighted by molar-refractivity contribution is 0.0947. The van der Waals surface area contributed by atoms with Crippen LogP contribution >= 0.6 is 0 Å². The molecule has 0 saturated carbocycles. The van der Waals surface area contributed by atoms with Crippen LogP contribution in [0.2, 0.25) is 0 Å². The molecular formula is C21H28N4O2. The molecular weight excluding hydrogens is 340 g/mol. The van der Waals surface area contributed by atoms with Crippen molar-refractivity contribution >= 4 is 11.7 Å². The first-order valence-corrected chi connectivity index (χ1v) is 9.70. The van der Waals surface area contributed by atoms with Crippen LogP contribution in [-0.4, -0.2) is 41.7 Å². The van der Waals surface area contributed by atoms with Crippen molar-refractivity contribution in [1.29, 1.82) is 0 Å². The lowest BCUT2D eigenvalue weighted by atomic mass is 10.1. The highest BCUT2D eigenvalue weighted by atomic mass is 16.5. The molecule has 27 heavy (non-hydrogen) atoms. The van der Waals surface area contributed by atoms with Crippen LogP contribution in [0, 0.1) is 5.92 Å². The lowest BCUT2D eigenvalue weighted by Gasteiger charge is -2.13. The van der Waals surface area contributed by atoms with E-state index in [0.29, 0.717) is 36.3 Å². The number of carbonyl (C=O) groups excluding carboxylic acids is 1. The Morgan fingerprint density at radius 1 is 1.26 bits per heavy atom. The predicted octanol–water partition coefficient (Wildman–Crippen LogP) is 3.51. The van der Waals surface area contributed by atoms with Gasteiger partial charge < -0.3 is 15.4 Å². The molecule has 6 heteroatoms. The van der Waals surface area contributed by atoms with Gasteiger partial charge in [-0.2, -0.15) is 0 Å². The number of hydrogen-bond acceptors (Lipinski definition) is 5. The molecule has 1 fully saturated rings. The van der Waals surface area contributed by atoms with Crippen molar-refractivity contribution in [3.05, 3.63) is 42.1 Å². The molecule has 1 aromatic carbocycles. The van der Waals surface area contributed by atoms with E-state index in [1.807, 2.05) is 30.3 Å². The molecule has 1 unspecified atom stereocenters. The number of carbonyl (C=O) groups is 1. The molecule has 0 spiro atoms. The van der Waals surface area contributed by atoms with Gasteiger partial charge in [-0.25, -0.2) is 9.97 Å². The molecule has 1 saturated heterocycles. The Labute approximate surface area is 160 Å². The molecule has 0 bridgehead atoms. The van der Waals surface area contributed by atoms with Crippen LogP contribution in [0.25, 0.3) is 11.4 Å². The van der Waals surface area contributed by atoms with E-state index in [4.69, 9.17) is 4.74 Å². The fourth-order valence-corrected chi connectivity index (χ4v) is 2.96. The first-order valence-electron chi connectivity index (χ1n) is 9.70. The van der Waals surface area contributed by atoms with Crippen molar-refractivity contribution in [3.8, 4) is 11.4 Å². The van der Waals surface area contributed by atoms with Crippen molar-refractivity contribution in [1.82, 2.24) is 15.3 Å². The van der Waals surface area contributed by atoms with Crippen LogP contribution in [0.3, 0.4) is 0 Å². The Bertz CT molecular complexity index is 743. The third-order valence-electron chi connectivity index (χ3n) is 4.53. The minimum atomic E-state index is -0.171. The van der Waals surface area contributed by atoms with Crippen molar-refractivity contribution in [2.45, 2.75) is 39.2 Å². The predicted molar refractivity (Wildman–Crippen MR) is 107 cm³/mol. The van der Waals surface area contributed by atoms with Gasteiger partial charge in [0.2, 0.25) is 0 Å². The van der Waals surface area contributed by atoms with Crippen LogP contribution in [0.5, 0.6) is 0 Å². The van der Waals surface area contributed by atoms with Crippen LogP contribution < -0.4 is 10.6 Å². The van der Waals surface area contributed by atoms with E-state index in [0.717, 1.165) is 31.4 Å². The molecule has 1 aromatic heterocycles. The second-order valence-electron chi connectivity index (χ2n) is 7.28. The monoisotopic (exact) mass is 368 g/mol. The first-order chi connectivity index (χ1) is 13.1. The van der Waals surface area contributed by atoms with Gasteiger partial charge in [-0.05, 0) is 25.2 Å². The van der Waals surface area contributed by atoms with Gasteiger partial charge in [-0.1, -0.05) is 44.2 Å². The van der Waals surface area contributed by atoms with Crippen LogP contribution in [0.4, 0.5) is 5.82 Å². The maximum absolute atomic E-state index is 12.6. The van der Waals surface area contributed by atoms with E-state index in [-0.39, 0.29) is 12.0 Å². The average molecular weight is 368 g/mol. The van der Waals surface area contributed by atoms with Gasteiger partial charge in [-0.3, -0.25) is 4.79 Å². The zero-order chi connectivity index (χ0) is 19.1. The van der Waals surface area contributed by atoms with Crippen molar-refractivity contribution in [2.24, 2.45) is 5.92 Å². The number of aromatic nitrogens is 2. The molecule has 3 rings (SSSR count). The van der Waals surface area contributed by atoms with Gasteiger partial charge >= 0.3 is 0 Å². The highest BCUT2D eigenvalue weighted by molar-refractivity contribution is 5.93. The summed E-state index contributed by atoms with van der Waals surface area (Å²) in [5.74, 6) is 1.56. The topological polar surface area (TPSA) is 76.1 Å². The quantitative estimate of drug-likeness (QED) is 0.746. The second-order valence-corrected chi connectivity index (χ2v) is 7.28. The Balaban J connectivity index is 1.78. The van der Waals surface area contributed by atoms with Gasteiger partial charge in [0, 0.05) is 31.3 Å². The number of nitrogens with one attached hydrogen (secondary N) is 2. The highest BCUT2D eigenvalue weighted by Crippen LogP contribution is 2.19. The van der Waals surface area contributed by atoms with E-state index in [2.05, 4.69) is 34.4 Å². The average Bonchev–Trinajstić information content (AvgIpc) is 3.20. The number of ether oxygens (including phenoxy) is 1. The van der Waals surface area contributed by atoms with Crippen LogP contribution in [-0.2, 0) is 4.74 Å². The fraction of sp³-hybridized carbons (Fsp3) is 0.476. The molecule has 2 aromatic rings. The fourth-order valence-electron chi connectivity index (χ4n) is 2.96. The Morgan fingerprint density at radius 2 is 2.07 bits per heavy atom. The van der Waals surface area contributed by atoms with E-state index in [9.17, 15) is 4.79 Å². The number of hydrogen-bond donors (Lipinski definition) is 2. The summed E-state index contributed by atoms with van der Waals surface area (Å²) in [6.07, 6.45) is 3.27. The first kappa shape index (κ1) is 19.3. The maximum Gasteiger partial charge on any atom is 0.270 e. The van der Waals surface area contributed by atoms with Crippen LogP contribution in [0.15, 0.2) is 36.4 Å². The SMILES string of the molecule is CC(C)CCNC(=O)c1cc(NCC2CCCO2)nc(-c2ccccc2)n1. The minimum Gasteiger partial charge on any atom is -0.376 e. The summed E-state index contributed by atoms with van der Waals surface area (Å²) in [5, 5.41) is 6.26. The van der Waals surface area contributed by atoms with E-state index < -0.39 is 0 Å². The maximum atomic E-state index is 12.6. The van der Waals surface area contributed by atoms with E-state index in [1.54, 1.807) is 6.07 Å². The minimum absolute atomic E-state index is 0.171. The summed E-state index contributed by atoms with van der Waals surface area (Å²) in [6, 6.07) is 11.4. The number of benzene rings is 1. The van der Waals surface area contributed by atoms with Crippen molar-refractivity contribution in [2.75, 3.05) is 25.0 Å². The number of anilines is 1. The summed E-state index contributed by atoms with van der Waals surface area (Å²) < 4.78 is 5.66. The molecule has 1 aliphatic rings. The largest absolute Gasteiger partial charge is 0.376 e. The van der Waals surface area contributed by atoms with E-state index >= 15 is 0 Å². The Morgan fingerprint density at radius 3 is 2.78 bits per heavy atom. The van der Waals surface area contributed by atoms with Crippen LogP contribution in [0.1, 0.15) is 43.6 Å². The molecule has 144 valence electrons. The van der Waals surface area contributed by atoms with E-state index in [1.165, 1.54) is 0 Å². The summed E-state index contributed by atoms with van der Waals surface area (Å²) in [4.78, 5) is 21.7. The third kappa shape index (κ3) is 5.76. The zero-order valence-electron chi connectivity index (χ0n) is 16.1. The zero-order valence-corrected chi connectivity index (χ0v) is 16.1. The Hall–Kier alpha value is -2.47. The third-order valence-corrected chi connectivity index (χ3v) is 4.53. The standard InChI is InChI=1S/C21H28N4O2/c1-15(2)10-11-22-21(26)18-13-19(23-14-17-9-6-12-27-17)25-20(24-18)16-7-4-3-5-8-16/h3-5,7-8,13,15,17H,6,9-12,14H2,1-2H3,(H,22,26)(H,23,24,25). The summed E-state index contributed by atoms with van der Waals surface area (Å²) in [5.41, 5.74) is 1.26. The van der Waals surface area contributed by atoms with Crippen molar-refractivity contribution < 1.29 is 9.53 Å². The van der Waals surface area contributed by atoms with Gasteiger partial charge in [0.15, 0.2) is 5.82 Å². The molecule has 0 aliphatic carbocycles. The molecule has 6 nitrogen and oxygen atoms in total. The summed E-state index contributed by atoms with van der Waals surface area (Å²) in [6.45, 7) is 6.41. The lowest BCUT2D eigenvalue weighted by Crippen LogP contribution is -2.27. The highest BCUT2D eigenvalue weighted by Gasteiger charge is 2.17. The van der Waals surface area contributed by atoms with Crippen molar-refractivity contribution in [3.63, 3.8) is 0 Å². The summed E-state index contributed by atoms with van der Waals surface area (Å²) in [7, 11) is 0. The number of rotatable bonds is 8. The summed E-state index contributed by atoms with van der Waals surface area (Å²) >= 11 is 0. The molecule has 1 amide bonds. The van der Waals surface area contributed by atoms with Gasteiger partial charge in [0.1, 0.15) is 11.5 Å². The normalized spacial score (nSPS) is 16.5. The van der Waals surface area contributed by atoms with Gasteiger partial charge in [0.05, 0.1) is 6.10 Å².